The first kappa shape index (κ1) is 19.7. The fourth-order valence-electron chi connectivity index (χ4n) is 3.35. The van der Waals surface area contributed by atoms with Crippen LogP contribution in [0.4, 0.5) is 14.5 Å². The summed E-state index contributed by atoms with van der Waals surface area (Å²) in [4.78, 5) is 49.8. The number of benzene rings is 1. The molecule has 0 saturated carbocycles. The molecule has 2 aliphatic rings. The van der Waals surface area contributed by atoms with Crippen molar-refractivity contribution < 1.29 is 32.7 Å². The Hall–Kier alpha value is -3.10. The van der Waals surface area contributed by atoms with Crippen LogP contribution in [0.15, 0.2) is 30.4 Å². The maximum absolute atomic E-state index is 13.5. The predicted octanol–water partition coefficient (Wildman–Crippen LogP) is 1.79. The third-order valence-electron chi connectivity index (χ3n) is 4.82. The molecule has 9 heteroatoms. The van der Waals surface area contributed by atoms with Crippen LogP contribution in [0.1, 0.15) is 19.8 Å². The summed E-state index contributed by atoms with van der Waals surface area (Å²) in [7, 11) is 0. The number of fused-ring (bicyclic) bond motifs is 1. The summed E-state index contributed by atoms with van der Waals surface area (Å²) in [5.41, 5.74) is -0.393. The minimum Gasteiger partial charge on any atom is -0.454 e. The molecular weight excluding hydrogens is 374 g/mol. The summed E-state index contributed by atoms with van der Waals surface area (Å²) in [6, 6.07) is 1.33. The highest BCUT2D eigenvalue weighted by Gasteiger charge is 2.50. The Morgan fingerprint density at radius 2 is 1.79 bits per heavy atom. The summed E-state index contributed by atoms with van der Waals surface area (Å²) in [5, 5.41) is 2.09. The van der Waals surface area contributed by atoms with Crippen LogP contribution in [0.3, 0.4) is 0 Å². The molecule has 1 aliphatic carbocycles. The number of esters is 1. The number of amides is 3. The Morgan fingerprint density at radius 3 is 2.39 bits per heavy atom. The number of hydrogen-bond acceptors (Lipinski definition) is 5. The second-order valence-electron chi connectivity index (χ2n) is 6.66. The lowest BCUT2D eigenvalue weighted by Gasteiger charge is -2.21. The maximum atomic E-state index is 13.5. The van der Waals surface area contributed by atoms with Crippen LogP contribution in [0, 0.1) is 23.5 Å². The van der Waals surface area contributed by atoms with E-state index in [0.29, 0.717) is 12.8 Å². The summed E-state index contributed by atoms with van der Waals surface area (Å²) in [5.74, 6) is -5.25. The van der Waals surface area contributed by atoms with Gasteiger partial charge in [-0.15, -0.1) is 0 Å². The first-order valence-electron chi connectivity index (χ1n) is 8.73. The van der Waals surface area contributed by atoms with E-state index < -0.39 is 65.5 Å². The molecule has 148 valence electrons. The van der Waals surface area contributed by atoms with Gasteiger partial charge < -0.3 is 10.1 Å². The monoisotopic (exact) mass is 392 g/mol. The number of nitrogens with zero attached hydrogens (tertiary/aromatic N) is 1. The van der Waals surface area contributed by atoms with Gasteiger partial charge in [0.1, 0.15) is 17.7 Å². The number of carbonyl (C=O) groups excluding carboxylic acids is 4. The molecular formula is C19H18F2N2O5. The number of anilines is 1. The van der Waals surface area contributed by atoms with E-state index in [1.54, 1.807) is 0 Å². The molecule has 3 amide bonds. The molecule has 0 spiro atoms. The third-order valence-corrected chi connectivity index (χ3v) is 4.82. The van der Waals surface area contributed by atoms with Gasteiger partial charge in [-0.25, -0.2) is 13.6 Å². The van der Waals surface area contributed by atoms with Crippen molar-refractivity contribution in [1.29, 1.82) is 0 Å². The van der Waals surface area contributed by atoms with Crippen molar-refractivity contribution in [3.05, 3.63) is 42.0 Å². The Bertz CT molecular complexity index is 844. The average molecular weight is 392 g/mol. The lowest BCUT2D eigenvalue weighted by atomic mass is 9.85. The number of nitrogens with one attached hydrogen (secondary N) is 1. The van der Waals surface area contributed by atoms with Crippen LogP contribution in [0.2, 0.25) is 0 Å². The van der Waals surface area contributed by atoms with Gasteiger partial charge in [0.05, 0.1) is 17.5 Å². The van der Waals surface area contributed by atoms with Crippen molar-refractivity contribution >= 4 is 29.4 Å². The summed E-state index contributed by atoms with van der Waals surface area (Å²) in [6.45, 7) is 0.566. The highest BCUT2D eigenvalue weighted by atomic mass is 19.1. The van der Waals surface area contributed by atoms with Gasteiger partial charge in [-0.05, 0) is 31.9 Å². The molecule has 0 aromatic heterocycles. The lowest BCUT2D eigenvalue weighted by molar-refractivity contribution is -0.159. The minimum absolute atomic E-state index is 0.393. The molecule has 1 aromatic carbocycles. The Balaban J connectivity index is 1.57. The first-order chi connectivity index (χ1) is 13.3. The van der Waals surface area contributed by atoms with Crippen LogP contribution in [-0.2, 0) is 23.9 Å². The molecule has 1 aliphatic heterocycles. The predicted molar refractivity (Wildman–Crippen MR) is 92.6 cm³/mol. The fraction of sp³-hybridized carbons (Fsp3) is 0.368. The van der Waals surface area contributed by atoms with Crippen molar-refractivity contribution in [2.45, 2.75) is 25.8 Å². The number of likely N-dealkylation sites (tertiary alicyclic amines) is 1. The van der Waals surface area contributed by atoms with Gasteiger partial charge in [-0.1, -0.05) is 12.2 Å². The third kappa shape index (κ3) is 3.78. The van der Waals surface area contributed by atoms with E-state index in [2.05, 4.69) is 5.32 Å². The van der Waals surface area contributed by atoms with Gasteiger partial charge in [-0.3, -0.25) is 19.3 Å². The molecule has 3 rings (SSSR count). The van der Waals surface area contributed by atoms with Crippen LogP contribution < -0.4 is 5.32 Å². The Morgan fingerprint density at radius 1 is 1.18 bits per heavy atom. The fourth-order valence-corrected chi connectivity index (χ4v) is 3.35. The molecule has 1 fully saturated rings. The molecule has 1 heterocycles. The van der Waals surface area contributed by atoms with Crippen LogP contribution in [-0.4, -0.2) is 41.2 Å². The van der Waals surface area contributed by atoms with Crippen LogP contribution >= 0.6 is 0 Å². The quantitative estimate of drug-likeness (QED) is 0.469. The van der Waals surface area contributed by atoms with Gasteiger partial charge in [0.25, 0.3) is 5.91 Å². The van der Waals surface area contributed by atoms with Crippen molar-refractivity contribution in [3.63, 3.8) is 0 Å². The van der Waals surface area contributed by atoms with E-state index in [0.717, 1.165) is 23.1 Å². The molecule has 1 N–H and O–H groups in total. The smallest absolute Gasteiger partial charge is 0.329 e. The number of halogens is 2. The molecule has 3 atom stereocenters. The van der Waals surface area contributed by atoms with Crippen LogP contribution in [0.5, 0.6) is 0 Å². The minimum atomic E-state index is -1.19. The molecule has 1 saturated heterocycles. The number of carbonyl (C=O) groups is 4. The van der Waals surface area contributed by atoms with Crippen molar-refractivity contribution in [1.82, 2.24) is 4.90 Å². The van der Waals surface area contributed by atoms with E-state index >= 15 is 0 Å². The van der Waals surface area contributed by atoms with Crippen molar-refractivity contribution in [3.8, 4) is 0 Å². The normalized spacial score (nSPS) is 22.0. The van der Waals surface area contributed by atoms with Gasteiger partial charge in [0.15, 0.2) is 6.61 Å². The molecule has 28 heavy (non-hydrogen) atoms. The van der Waals surface area contributed by atoms with E-state index in [1.807, 2.05) is 12.2 Å². The Kier molecular flexibility index (Phi) is 5.53. The molecule has 1 aromatic rings. The summed E-state index contributed by atoms with van der Waals surface area (Å²) in [6.07, 6.45) is 4.54. The number of rotatable bonds is 5. The largest absolute Gasteiger partial charge is 0.454 e. The first-order valence-corrected chi connectivity index (χ1v) is 8.73. The topological polar surface area (TPSA) is 92.8 Å². The zero-order valence-electron chi connectivity index (χ0n) is 15.0. The standard InChI is InChI=1S/C19H18F2N2O5/c1-10(23-17(25)12-4-2-3-5-13(12)18(23)26)19(27)28-9-16(24)22-15-8-11(20)6-7-14(15)21/h2-3,6-8,10,12-13H,4-5,9H2,1H3,(H,22,24)/t10-,12+,13+/m0/s1. The van der Waals surface area contributed by atoms with Crippen molar-refractivity contribution in [2.24, 2.45) is 11.8 Å². The number of hydrogen-bond donors (Lipinski definition) is 1. The maximum Gasteiger partial charge on any atom is 0.329 e. The molecule has 0 unspecified atom stereocenters. The summed E-state index contributed by atoms with van der Waals surface area (Å²) >= 11 is 0. The van der Waals surface area contributed by atoms with E-state index in [9.17, 15) is 28.0 Å². The molecule has 7 nitrogen and oxygen atoms in total. The van der Waals surface area contributed by atoms with Gasteiger partial charge in [0.2, 0.25) is 11.8 Å². The van der Waals surface area contributed by atoms with Gasteiger partial charge in [0, 0.05) is 6.07 Å². The van der Waals surface area contributed by atoms with Gasteiger partial charge >= 0.3 is 5.97 Å². The number of ether oxygens (including phenoxy) is 1. The zero-order chi connectivity index (χ0) is 20.4. The van der Waals surface area contributed by atoms with E-state index in [4.69, 9.17) is 4.74 Å². The second kappa shape index (κ2) is 7.87. The number of allylic oxidation sites excluding steroid dienone is 2. The summed E-state index contributed by atoms with van der Waals surface area (Å²) < 4.78 is 31.5. The zero-order valence-corrected chi connectivity index (χ0v) is 15.0. The lowest BCUT2D eigenvalue weighted by Crippen LogP contribution is -2.45. The van der Waals surface area contributed by atoms with E-state index in [1.165, 1.54) is 6.92 Å². The molecule has 0 radical (unpaired) electrons. The van der Waals surface area contributed by atoms with E-state index in [-0.39, 0.29) is 0 Å². The highest BCUT2D eigenvalue weighted by Crippen LogP contribution is 2.36. The second-order valence-corrected chi connectivity index (χ2v) is 6.66. The van der Waals surface area contributed by atoms with Crippen molar-refractivity contribution in [2.75, 3.05) is 11.9 Å². The SMILES string of the molecule is C[C@@H](C(=O)OCC(=O)Nc1cc(F)ccc1F)N1C(=O)[C@@H]2CC=CC[C@H]2C1=O. The van der Waals surface area contributed by atoms with Gasteiger partial charge in [-0.2, -0.15) is 0 Å². The number of imide groups is 1. The highest BCUT2D eigenvalue weighted by molar-refractivity contribution is 6.08. The average Bonchev–Trinajstić information content (AvgIpc) is 2.93. The molecule has 0 bridgehead atoms. The van der Waals surface area contributed by atoms with Crippen LogP contribution in [0.25, 0.3) is 0 Å². The Labute approximate surface area is 159 Å².